The average Bonchev–Trinajstić information content (AvgIpc) is 3.09. The van der Waals surface area contributed by atoms with Crippen LogP contribution < -0.4 is 5.32 Å². The molecule has 2 aromatic rings. The standard InChI is InChI=1S/C37H60NO7P/c1-3-4-5-6-7-8-9-10-11-12-13-14-15-16-17-24-29-41-32-36(45-37(39)38-2)33-44-46(40,42-30-34-25-20-18-21-26-34)43-31-35-27-22-19-23-28-35/h18-23,25-28,36H,3-17,24,29-33H2,1-2H3,(H,38,39)/t36-/m1/s1. The maximum Gasteiger partial charge on any atom is 0.475 e. The minimum absolute atomic E-state index is 0.0453. The highest BCUT2D eigenvalue weighted by Crippen LogP contribution is 2.51. The number of unbranched alkanes of at least 4 members (excludes halogenated alkanes) is 15. The highest BCUT2D eigenvalue weighted by molar-refractivity contribution is 7.48. The molecule has 0 aliphatic heterocycles. The van der Waals surface area contributed by atoms with Gasteiger partial charge in [-0.2, -0.15) is 0 Å². The molecule has 1 N–H and O–H groups in total. The van der Waals surface area contributed by atoms with Crippen LogP contribution in [-0.2, 0) is 40.8 Å². The van der Waals surface area contributed by atoms with Crippen LogP contribution in [0.25, 0.3) is 0 Å². The zero-order valence-electron chi connectivity index (χ0n) is 28.5. The number of amides is 1. The highest BCUT2D eigenvalue weighted by atomic mass is 31.2. The summed E-state index contributed by atoms with van der Waals surface area (Å²) in [6.07, 6.45) is 19.6. The Labute approximate surface area is 278 Å². The van der Waals surface area contributed by atoms with E-state index in [-0.39, 0.29) is 26.4 Å². The molecule has 0 saturated carbocycles. The zero-order chi connectivity index (χ0) is 33.0. The molecule has 0 aromatic heterocycles. The van der Waals surface area contributed by atoms with Crippen LogP contribution >= 0.6 is 7.82 Å². The van der Waals surface area contributed by atoms with Crippen LogP contribution in [-0.4, -0.2) is 39.1 Å². The SMILES string of the molecule is CCCCCCCCCCCCCCCCCCOC[C@H](COP(=O)(OCc1ccccc1)OCc1ccccc1)OC(=O)NC. The number of ether oxygens (including phenoxy) is 2. The van der Waals surface area contributed by atoms with E-state index in [1.807, 2.05) is 60.7 Å². The third kappa shape index (κ3) is 20.8. The maximum absolute atomic E-state index is 13.6. The molecule has 46 heavy (non-hydrogen) atoms. The minimum Gasteiger partial charge on any atom is -0.441 e. The normalized spacial score (nSPS) is 12.2. The molecule has 0 radical (unpaired) electrons. The van der Waals surface area contributed by atoms with Crippen LogP contribution in [0.5, 0.6) is 0 Å². The molecule has 0 aliphatic rings. The van der Waals surface area contributed by atoms with Crippen LogP contribution in [0.1, 0.15) is 121 Å². The molecule has 0 aliphatic carbocycles. The van der Waals surface area contributed by atoms with Gasteiger partial charge in [0.1, 0.15) is 0 Å². The van der Waals surface area contributed by atoms with Gasteiger partial charge in [-0.05, 0) is 17.5 Å². The second-order valence-electron chi connectivity index (χ2n) is 11.9. The van der Waals surface area contributed by atoms with E-state index < -0.39 is 20.0 Å². The predicted molar refractivity (Wildman–Crippen MR) is 186 cm³/mol. The van der Waals surface area contributed by atoms with E-state index in [2.05, 4.69) is 12.2 Å². The summed E-state index contributed by atoms with van der Waals surface area (Å²) in [7, 11) is -2.52. The summed E-state index contributed by atoms with van der Waals surface area (Å²) in [6.45, 7) is 2.83. The average molecular weight is 662 g/mol. The van der Waals surface area contributed by atoms with Gasteiger partial charge in [0.2, 0.25) is 0 Å². The van der Waals surface area contributed by atoms with E-state index >= 15 is 0 Å². The van der Waals surface area contributed by atoms with Gasteiger partial charge >= 0.3 is 13.9 Å². The molecule has 1 atom stereocenters. The third-order valence-corrected chi connectivity index (χ3v) is 9.16. The van der Waals surface area contributed by atoms with Crippen LogP contribution in [0.2, 0.25) is 0 Å². The number of hydrogen-bond donors (Lipinski definition) is 1. The monoisotopic (exact) mass is 661 g/mol. The topological polar surface area (TPSA) is 92.3 Å². The van der Waals surface area contributed by atoms with Gasteiger partial charge in [-0.3, -0.25) is 13.6 Å². The molecule has 0 heterocycles. The van der Waals surface area contributed by atoms with Gasteiger partial charge in [0.05, 0.1) is 26.4 Å². The van der Waals surface area contributed by atoms with Gasteiger partial charge in [-0.25, -0.2) is 9.36 Å². The summed E-state index contributed by atoms with van der Waals surface area (Å²) >= 11 is 0. The number of carbonyl (C=O) groups is 1. The molecule has 0 saturated heterocycles. The van der Waals surface area contributed by atoms with Crippen molar-refractivity contribution in [1.29, 1.82) is 0 Å². The fourth-order valence-electron chi connectivity index (χ4n) is 5.04. The van der Waals surface area contributed by atoms with E-state index in [4.69, 9.17) is 23.0 Å². The van der Waals surface area contributed by atoms with Crippen LogP contribution in [0.3, 0.4) is 0 Å². The van der Waals surface area contributed by atoms with Crippen molar-refractivity contribution in [2.75, 3.05) is 26.9 Å². The lowest BCUT2D eigenvalue weighted by molar-refractivity contribution is -0.0130. The first-order valence-electron chi connectivity index (χ1n) is 17.6. The second kappa shape index (κ2) is 26.8. The summed E-state index contributed by atoms with van der Waals surface area (Å²) in [5, 5.41) is 2.44. The van der Waals surface area contributed by atoms with Gasteiger partial charge in [-0.15, -0.1) is 0 Å². The molecule has 0 fully saturated rings. The number of phosphoric acid groups is 1. The van der Waals surface area contributed by atoms with E-state index in [0.717, 1.165) is 24.0 Å². The molecular weight excluding hydrogens is 601 g/mol. The molecule has 8 nitrogen and oxygen atoms in total. The summed E-state index contributed by atoms with van der Waals surface area (Å²) in [4.78, 5) is 12.0. The van der Waals surface area contributed by atoms with Crippen LogP contribution in [0, 0.1) is 0 Å². The summed E-state index contributed by atoms with van der Waals surface area (Å²) < 4.78 is 41.9. The van der Waals surface area contributed by atoms with Crippen molar-refractivity contribution < 1.29 is 32.4 Å². The Morgan fingerprint density at radius 2 is 1.07 bits per heavy atom. The van der Waals surface area contributed by atoms with Crippen LogP contribution in [0.15, 0.2) is 60.7 Å². The Morgan fingerprint density at radius 3 is 1.50 bits per heavy atom. The summed E-state index contributed by atoms with van der Waals surface area (Å²) in [5.74, 6) is 0. The molecule has 0 bridgehead atoms. The lowest BCUT2D eigenvalue weighted by atomic mass is 10.0. The van der Waals surface area contributed by atoms with Gasteiger partial charge in [0.25, 0.3) is 0 Å². The van der Waals surface area contributed by atoms with Crippen molar-refractivity contribution in [2.45, 2.75) is 129 Å². The predicted octanol–water partition coefficient (Wildman–Crippen LogP) is 10.5. The Morgan fingerprint density at radius 1 is 0.630 bits per heavy atom. The van der Waals surface area contributed by atoms with Crippen molar-refractivity contribution in [3.8, 4) is 0 Å². The lowest BCUT2D eigenvalue weighted by Crippen LogP contribution is -2.32. The Hall–Kier alpha value is -2.22. The lowest BCUT2D eigenvalue weighted by Gasteiger charge is -2.22. The molecule has 260 valence electrons. The third-order valence-electron chi connectivity index (χ3n) is 7.81. The van der Waals surface area contributed by atoms with E-state index in [0.29, 0.717) is 6.61 Å². The molecule has 2 rings (SSSR count). The van der Waals surface area contributed by atoms with Crippen molar-refractivity contribution in [3.05, 3.63) is 71.8 Å². The quantitative estimate of drug-likeness (QED) is 0.0685. The van der Waals surface area contributed by atoms with E-state index in [1.165, 1.54) is 96.9 Å². The molecular formula is C37H60NO7P. The Bertz CT molecular complexity index is 993. The molecule has 0 spiro atoms. The van der Waals surface area contributed by atoms with Gasteiger partial charge in [0, 0.05) is 13.7 Å². The van der Waals surface area contributed by atoms with E-state index in [1.54, 1.807) is 0 Å². The van der Waals surface area contributed by atoms with Gasteiger partial charge in [-0.1, -0.05) is 164 Å². The van der Waals surface area contributed by atoms with Crippen molar-refractivity contribution >= 4 is 13.9 Å². The van der Waals surface area contributed by atoms with Gasteiger partial charge < -0.3 is 14.8 Å². The number of alkyl carbamates (subject to hydrolysis) is 1. The number of hydrogen-bond acceptors (Lipinski definition) is 7. The fourth-order valence-corrected chi connectivity index (χ4v) is 6.22. The molecule has 0 unspecified atom stereocenters. The first-order valence-corrected chi connectivity index (χ1v) is 19.1. The number of nitrogens with one attached hydrogen (secondary N) is 1. The van der Waals surface area contributed by atoms with Crippen LogP contribution in [0.4, 0.5) is 4.79 Å². The zero-order valence-corrected chi connectivity index (χ0v) is 29.4. The molecule has 1 amide bonds. The maximum atomic E-state index is 13.6. The number of benzene rings is 2. The van der Waals surface area contributed by atoms with Crippen molar-refractivity contribution in [3.63, 3.8) is 0 Å². The fraction of sp³-hybridized carbons (Fsp3) is 0.649. The van der Waals surface area contributed by atoms with Gasteiger partial charge in [0.15, 0.2) is 6.10 Å². The number of carbonyl (C=O) groups excluding carboxylic acids is 1. The number of phosphoric ester groups is 1. The first-order chi connectivity index (χ1) is 22.5. The summed E-state index contributed by atoms with van der Waals surface area (Å²) in [5.41, 5.74) is 1.66. The Balaban J connectivity index is 1.64. The minimum atomic E-state index is -4.00. The molecule has 2 aromatic carbocycles. The molecule has 9 heteroatoms. The first kappa shape index (κ1) is 40.0. The highest BCUT2D eigenvalue weighted by Gasteiger charge is 2.30. The second-order valence-corrected chi connectivity index (χ2v) is 13.6. The summed E-state index contributed by atoms with van der Waals surface area (Å²) in [6, 6.07) is 18.8. The van der Waals surface area contributed by atoms with Crippen molar-refractivity contribution in [2.24, 2.45) is 0 Å². The smallest absolute Gasteiger partial charge is 0.441 e. The largest absolute Gasteiger partial charge is 0.475 e. The number of rotatable bonds is 29. The van der Waals surface area contributed by atoms with Crippen molar-refractivity contribution in [1.82, 2.24) is 5.32 Å². The Kier molecular flexibility index (Phi) is 23.3. The van der Waals surface area contributed by atoms with E-state index in [9.17, 15) is 9.36 Å².